The summed E-state index contributed by atoms with van der Waals surface area (Å²) >= 11 is 7.16. The lowest BCUT2D eigenvalue weighted by molar-refractivity contribution is -0.735. The van der Waals surface area contributed by atoms with Crippen LogP contribution in [0, 0.1) is 5.41 Å². The Bertz CT molecular complexity index is 729. The summed E-state index contributed by atoms with van der Waals surface area (Å²) in [5, 5.41) is 24.6. The summed E-state index contributed by atoms with van der Waals surface area (Å²) in [4.78, 5) is 0. The molecule has 0 bridgehead atoms. The topological polar surface area (TPSA) is 91.4 Å². The molecule has 0 unspecified atom stereocenters. The van der Waals surface area contributed by atoms with Gasteiger partial charge in [0, 0.05) is 51.5 Å². The number of hydrogen-bond acceptors (Lipinski definition) is 6. The van der Waals surface area contributed by atoms with Crippen molar-refractivity contribution >= 4 is 44.3 Å². The van der Waals surface area contributed by atoms with E-state index in [0.29, 0.717) is 26.7 Å². The number of halogens is 4. The summed E-state index contributed by atoms with van der Waals surface area (Å²) in [6, 6.07) is 7.35. The average Bonchev–Trinajstić information content (AvgIpc) is 2.75. The SMILES string of the molecule is O/N=C\c1cc[n+](COCC(CBr)(CBr)COC[n+]2ccc(/C=N\O)cc2)cc1.[Cl-].[Cl-]. The molecule has 0 saturated heterocycles. The molecule has 2 rings (SSSR count). The molecular formula is C19H24Br2Cl2N4O4. The van der Waals surface area contributed by atoms with E-state index in [1.165, 1.54) is 12.4 Å². The summed E-state index contributed by atoms with van der Waals surface area (Å²) in [6.45, 7) is 1.82. The Hall–Kier alpha value is -1.30. The fourth-order valence-electron chi connectivity index (χ4n) is 2.38. The van der Waals surface area contributed by atoms with Gasteiger partial charge in [-0.3, -0.25) is 0 Å². The molecule has 0 aliphatic rings. The summed E-state index contributed by atoms with van der Waals surface area (Å²) < 4.78 is 15.6. The Labute approximate surface area is 210 Å². The van der Waals surface area contributed by atoms with E-state index < -0.39 is 0 Å². The number of pyridine rings is 2. The molecule has 0 aliphatic carbocycles. The van der Waals surface area contributed by atoms with Crippen molar-refractivity contribution in [2.45, 2.75) is 13.5 Å². The third-order valence-electron chi connectivity index (χ3n) is 4.11. The quantitative estimate of drug-likeness (QED) is 0.0861. The molecule has 0 spiro atoms. The van der Waals surface area contributed by atoms with Crippen molar-refractivity contribution in [1.29, 1.82) is 0 Å². The molecule has 12 heteroatoms. The largest absolute Gasteiger partial charge is 1.00 e. The molecule has 8 nitrogen and oxygen atoms in total. The molecule has 2 aromatic rings. The molecule has 0 atom stereocenters. The predicted molar refractivity (Wildman–Crippen MR) is 114 cm³/mol. The van der Waals surface area contributed by atoms with Crippen LogP contribution < -0.4 is 33.9 Å². The Kier molecular flexibility index (Phi) is 15.7. The van der Waals surface area contributed by atoms with Crippen LogP contribution in [0.5, 0.6) is 0 Å². The van der Waals surface area contributed by atoms with Gasteiger partial charge in [0.25, 0.3) is 13.5 Å². The Balaban J connectivity index is 0.00000450. The van der Waals surface area contributed by atoms with Gasteiger partial charge >= 0.3 is 0 Å². The van der Waals surface area contributed by atoms with Gasteiger partial charge in [0.05, 0.1) is 25.6 Å². The van der Waals surface area contributed by atoms with E-state index >= 15 is 0 Å². The number of alkyl halides is 2. The van der Waals surface area contributed by atoms with Gasteiger partial charge in [0.1, 0.15) is 0 Å². The zero-order valence-corrected chi connectivity index (χ0v) is 21.2. The van der Waals surface area contributed by atoms with Gasteiger partial charge in [0.2, 0.25) is 0 Å². The van der Waals surface area contributed by atoms with Gasteiger partial charge < -0.3 is 44.7 Å². The minimum absolute atomic E-state index is 0. The van der Waals surface area contributed by atoms with Crippen LogP contribution in [0.3, 0.4) is 0 Å². The molecular weight excluding hydrogens is 579 g/mol. The summed E-state index contributed by atoms with van der Waals surface area (Å²) in [5.41, 5.74) is 1.40. The van der Waals surface area contributed by atoms with Gasteiger partial charge in [-0.05, 0) is 0 Å². The molecule has 2 heterocycles. The van der Waals surface area contributed by atoms with Crippen molar-refractivity contribution < 1.29 is 53.8 Å². The minimum Gasteiger partial charge on any atom is -1.00 e. The zero-order chi connectivity index (χ0) is 21.0. The molecule has 0 radical (unpaired) electrons. The van der Waals surface area contributed by atoms with Crippen molar-refractivity contribution in [3.63, 3.8) is 0 Å². The Morgan fingerprint density at radius 2 is 1.13 bits per heavy atom. The van der Waals surface area contributed by atoms with E-state index in [9.17, 15) is 0 Å². The van der Waals surface area contributed by atoms with Crippen LogP contribution in [0.1, 0.15) is 11.1 Å². The summed E-state index contributed by atoms with van der Waals surface area (Å²) in [6.07, 6.45) is 10.2. The van der Waals surface area contributed by atoms with Crippen LogP contribution in [0.15, 0.2) is 59.4 Å². The first kappa shape index (κ1) is 29.7. The maximum atomic E-state index is 8.55. The summed E-state index contributed by atoms with van der Waals surface area (Å²) in [5.74, 6) is 0. The van der Waals surface area contributed by atoms with Crippen LogP contribution in [0.2, 0.25) is 0 Å². The van der Waals surface area contributed by atoms with Crippen LogP contribution in [-0.2, 0) is 22.9 Å². The second kappa shape index (κ2) is 16.3. The molecule has 0 aliphatic heterocycles. The molecule has 31 heavy (non-hydrogen) atoms. The highest BCUT2D eigenvalue weighted by Crippen LogP contribution is 2.24. The minimum atomic E-state index is -0.214. The zero-order valence-electron chi connectivity index (χ0n) is 16.5. The van der Waals surface area contributed by atoms with E-state index in [4.69, 9.17) is 19.9 Å². The van der Waals surface area contributed by atoms with E-state index in [0.717, 1.165) is 21.8 Å². The second-order valence-corrected chi connectivity index (χ2v) is 7.62. The highest BCUT2D eigenvalue weighted by Gasteiger charge is 2.30. The number of hydrogen-bond donors (Lipinski definition) is 2. The van der Waals surface area contributed by atoms with E-state index in [2.05, 4.69) is 42.2 Å². The first-order valence-electron chi connectivity index (χ1n) is 8.75. The number of nitrogens with zero attached hydrogens (tertiary/aromatic N) is 4. The lowest BCUT2D eigenvalue weighted by Gasteiger charge is -2.28. The Morgan fingerprint density at radius 1 is 0.774 bits per heavy atom. The van der Waals surface area contributed by atoms with Gasteiger partial charge in [-0.25, -0.2) is 0 Å². The van der Waals surface area contributed by atoms with Crippen molar-refractivity contribution in [1.82, 2.24) is 0 Å². The van der Waals surface area contributed by atoms with Crippen molar-refractivity contribution in [3.8, 4) is 0 Å². The number of aromatic nitrogens is 2. The van der Waals surface area contributed by atoms with E-state index in [-0.39, 0.29) is 30.2 Å². The first-order chi connectivity index (χ1) is 14.1. The van der Waals surface area contributed by atoms with Gasteiger partial charge in [-0.1, -0.05) is 42.2 Å². The third kappa shape index (κ3) is 10.2. The van der Waals surface area contributed by atoms with Crippen LogP contribution in [0.4, 0.5) is 0 Å². The highest BCUT2D eigenvalue weighted by atomic mass is 79.9. The van der Waals surface area contributed by atoms with Crippen LogP contribution in [-0.4, -0.2) is 46.7 Å². The lowest BCUT2D eigenvalue weighted by Crippen LogP contribution is -3.00. The number of oxime groups is 2. The normalized spacial score (nSPS) is 11.4. The molecule has 0 aromatic carbocycles. The maximum Gasteiger partial charge on any atom is 0.252 e. The molecule has 0 saturated carbocycles. The number of ether oxygens (including phenoxy) is 2. The standard InChI is InChI=1S/C19H22Br2N4O4.2ClH/c20-11-19(12-21,13-28-15-24-5-1-17(2-6-24)9-22-26)14-29-16-25-7-3-18(4-8-25)10-23-27;;/h1-10H,11-16H2;2*1H. The smallest absolute Gasteiger partial charge is 0.252 e. The predicted octanol–water partition coefficient (Wildman–Crippen LogP) is -3.69. The lowest BCUT2D eigenvalue weighted by atomic mass is 9.96. The highest BCUT2D eigenvalue weighted by molar-refractivity contribution is 9.09. The van der Waals surface area contributed by atoms with Gasteiger partial charge in [-0.2, -0.15) is 9.13 Å². The van der Waals surface area contributed by atoms with Crippen molar-refractivity contribution in [3.05, 3.63) is 60.2 Å². The molecule has 0 amide bonds. The van der Waals surface area contributed by atoms with Gasteiger partial charge in [-0.15, -0.1) is 0 Å². The monoisotopic (exact) mass is 600 g/mol. The van der Waals surface area contributed by atoms with E-state index in [1.54, 1.807) is 0 Å². The number of rotatable bonds is 12. The van der Waals surface area contributed by atoms with Crippen molar-refractivity contribution in [2.24, 2.45) is 15.7 Å². The fourth-order valence-corrected chi connectivity index (χ4v) is 3.96. The van der Waals surface area contributed by atoms with Gasteiger partial charge in [0.15, 0.2) is 24.8 Å². The Morgan fingerprint density at radius 3 is 1.42 bits per heavy atom. The summed E-state index contributed by atoms with van der Waals surface area (Å²) in [7, 11) is 0. The van der Waals surface area contributed by atoms with Crippen LogP contribution in [0.25, 0.3) is 0 Å². The first-order valence-corrected chi connectivity index (χ1v) is 11.0. The molecule has 0 fully saturated rings. The maximum absolute atomic E-state index is 8.55. The second-order valence-electron chi connectivity index (χ2n) is 6.50. The fraction of sp³-hybridized carbons (Fsp3) is 0.368. The third-order valence-corrected chi connectivity index (χ3v) is 6.49. The van der Waals surface area contributed by atoms with Crippen LogP contribution >= 0.6 is 31.9 Å². The molecule has 172 valence electrons. The molecule has 2 aromatic heterocycles. The average molecular weight is 603 g/mol. The molecule has 2 N–H and O–H groups in total. The van der Waals surface area contributed by atoms with E-state index in [1.807, 2.05) is 58.2 Å². The van der Waals surface area contributed by atoms with Crippen molar-refractivity contribution in [2.75, 3.05) is 23.9 Å².